The van der Waals surface area contributed by atoms with Gasteiger partial charge in [0.2, 0.25) is 0 Å². The van der Waals surface area contributed by atoms with Gasteiger partial charge in [-0.05, 0) is 84.8 Å². The summed E-state index contributed by atoms with van der Waals surface area (Å²) in [6.07, 6.45) is 3.24. The number of rotatable bonds is 8. The summed E-state index contributed by atoms with van der Waals surface area (Å²) in [6, 6.07) is 17.9. The van der Waals surface area contributed by atoms with E-state index in [0.29, 0.717) is 12.3 Å². The maximum Gasteiger partial charge on any atom is 0.264 e. The van der Waals surface area contributed by atoms with Gasteiger partial charge in [0.15, 0.2) is 6.61 Å². The molecule has 0 fully saturated rings. The van der Waals surface area contributed by atoms with Crippen LogP contribution in [0.25, 0.3) is 0 Å². The molecule has 3 aromatic rings. The SMILES string of the molecule is CCc1cc(Br)cc(CC)c1NC(=O)COc1ccc(S(=O)(=O)N2CCCc3ccccc32)cc1. The molecule has 1 aliphatic heterocycles. The average Bonchev–Trinajstić information content (AvgIpc) is 2.88. The molecule has 0 atom stereocenters. The smallest absolute Gasteiger partial charge is 0.264 e. The van der Waals surface area contributed by atoms with Gasteiger partial charge in [-0.2, -0.15) is 0 Å². The van der Waals surface area contributed by atoms with E-state index in [-0.39, 0.29) is 17.4 Å². The van der Waals surface area contributed by atoms with Gasteiger partial charge in [0.05, 0.1) is 10.6 Å². The van der Waals surface area contributed by atoms with Crippen LogP contribution in [0.5, 0.6) is 5.75 Å². The third kappa shape index (κ3) is 5.54. The summed E-state index contributed by atoms with van der Waals surface area (Å²) in [5.41, 5.74) is 4.71. The van der Waals surface area contributed by atoms with Gasteiger partial charge in [-0.25, -0.2) is 8.42 Å². The number of carbonyl (C=O) groups is 1. The topological polar surface area (TPSA) is 75.7 Å². The molecule has 0 unspecified atom stereocenters. The number of para-hydroxylation sites is 1. The molecule has 1 aliphatic rings. The molecule has 0 aliphatic carbocycles. The Labute approximate surface area is 215 Å². The highest BCUT2D eigenvalue weighted by atomic mass is 79.9. The number of hydrogen-bond donors (Lipinski definition) is 1. The number of fused-ring (bicyclic) bond motifs is 1. The fourth-order valence-corrected chi connectivity index (χ4v) is 6.45. The number of nitrogens with zero attached hydrogens (tertiary/aromatic N) is 1. The number of ether oxygens (including phenoxy) is 1. The van der Waals surface area contributed by atoms with Crippen LogP contribution < -0.4 is 14.4 Å². The van der Waals surface area contributed by atoms with Crippen LogP contribution in [-0.4, -0.2) is 27.5 Å². The first-order chi connectivity index (χ1) is 16.8. The lowest BCUT2D eigenvalue weighted by molar-refractivity contribution is -0.118. The minimum atomic E-state index is -3.69. The first-order valence-corrected chi connectivity index (χ1v) is 14.0. The van der Waals surface area contributed by atoms with Crippen LogP contribution in [0.3, 0.4) is 0 Å². The quantitative estimate of drug-likeness (QED) is 0.384. The molecule has 35 heavy (non-hydrogen) atoms. The number of nitrogens with one attached hydrogen (secondary N) is 1. The lowest BCUT2D eigenvalue weighted by Crippen LogP contribution is -2.35. The van der Waals surface area contributed by atoms with Crippen LogP contribution in [0.15, 0.2) is 70.0 Å². The highest BCUT2D eigenvalue weighted by Gasteiger charge is 2.28. The highest BCUT2D eigenvalue weighted by molar-refractivity contribution is 9.10. The van der Waals surface area contributed by atoms with E-state index in [4.69, 9.17) is 4.74 Å². The zero-order valence-electron chi connectivity index (χ0n) is 19.9. The van der Waals surface area contributed by atoms with E-state index in [1.165, 1.54) is 16.4 Å². The van der Waals surface area contributed by atoms with Crippen LogP contribution in [0.1, 0.15) is 37.0 Å². The summed E-state index contributed by atoms with van der Waals surface area (Å²) in [5.74, 6) is 0.165. The van der Waals surface area contributed by atoms with Gasteiger partial charge < -0.3 is 10.1 Å². The number of carbonyl (C=O) groups excluding carboxylic acids is 1. The number of anilines is 2. The van der Waals surface area contributed by atoms with Crippen LogP contribution >= 0.6 is 15.9 Å². The van der Waals surface area contributed by atoms with Crippen molar-refractivity contribution in [2.45, 2.75) is 44.4 Å². The van der Waals surface area contributed by atoms with E-state index in [1.54, 1.807) is 12.1 Å². The average molecular weight is 558 g/mol. The highest BCUT2D eigenvalue weighted by Crippen LogP contribution is 2.32. The molecule has 0 spiro atoms. The maximum atomic E-state index is 13.3. The molecular weight excluding hydrogens is 528 g/mol. The number of aryl methyl sites for hydroxylation is 3. The Morgan fingerprint density at radius 1 is 1.03 bits per heavy atom. The molecule has 8 heteroatoms. The van der Waals surface area contributed by atoms with Crippen LogP contribution in [0, 0.1) is 0 Å². The van der Waals surface area contributed by atoms with Gasteiger partial charge in [-0.1, -0.05) is 48.0 Å². The van der Waals surface area contributed by atoms with Crippen molar-refractivity contribution in [3.8, 4) is 5.75 Å². The summed E-state index contributed by atoms with van der Waals surface area (Å²) in [7, 11) is -3.69. The lowest BCUT2D eigenvalue weighted by Gasteiger charge is -2.30. The predicted octanol–water partition coefficient (Wildman–Crippen LogP) is 5.73. The summed E-state index contributed by atoms with van der Waals surface area (Å²) < 4.78 is 34.7. The third-order valence-electron chi connectivity index (χ3n) is 6.14. The molecule has 0 bridgehead atoms. The Balaban J connectivity index is 1.43. The number of amides is 1. The molecule has 184 valence electrons. The fourth-order valence-electron chi connectivity index (χ4n) is 4.35. The van der Waals surface area contributed by atoms with Gasteiger partial charge in [0.25, 0.3) is 15.9 Å². The van der Waals surface area contributed by atoms with Crippen molar-refractivity contribution in [1.29, 1.82) is 0 Å². The Bertz CT molecular complexity index is 1300. The minimum absolute atomic E-state index is 0.173. The number of sulfonamides is 1. The van der Waals surface area contributed by atoms with Gasteiger partial charge in [0, 0.05) is 16.7 Å². The van der Waals surface area contributed by atoms with Gasteiger partial charge in [-0.15, -0.1) is 0 Å². The van der Waals surface area contributed by atoms with Crippen molar-refractivity contribution in [2.24, 2.45) is 0 Å². The van der Waals surface area contributed by atoms with Crippen molar-refractivity contribution in [3.05, 3.63) is 81.8 Å². The normalized spacial score (nSPS) is 13.3. The summed E-state index contributed by atoms with van der Waals surface area (Å²) >= 11 is 3.53. The molecular formula is C27H29BrN2O4S. The first-order valence-electron chi connectivity index (χ1n) is 11.8. The summed E-state index contributed by atoms with van der Waals surface area (Å²) in [5, 5.41) is 2.98. The van der Waals surface area contributed by atoms with Gasteiger partial charge in [0.1, 0.15) is 5.75 Å². The van der Waals surface area contributed by atoms with Gasteiger partial charge in [-0.3, -0.25) is 9.10 Å². The van der Waals surface area contributed by atoms with E-state index < -0.39 is 10.0 Å². The van der Waals surface area contributed by atoms with Crippen molar-refractivity contribution >= 4 is 43.2 Å². The number of halogens is 1. The molecule has 0 radical (unpaired) electrons. The molecule has 0 aromatic heterocycles. The van der Waals surface area contributed by atoms with Gasteiger partial charge >= 0.3 is 0 Å². The molecule has 6 nitrogen and oxygen atoms in total. The Morgan fingerprint density at radius 2 is 1.69 bits per heavy atom. The second kappa shape index (κ2) is 10.8. The van der Waals surface area contributed by atoms with Crippen molar-refractivity contribution in [1.82, 2.24) is 0 Å². The Hall–Kier alpha value is -2.84. The molecule has 4 rings (SSSR count). The van der Waals surface area contributed by atoms with E-state index in [9.17, 15) is 13.2 Å². The van der Waals surface area contributed by atoms with Crippen LogP contribution in [-0.2, 0) is 34.1 Å². The molecule has 1 N–H and O–H groups in total. The third-order valence-corrected chi connectivity index (χ3v) is 8.43. The Morgan fingerprint density at radius 3 is 2.34 bits per heavy atom. The molecule has 3 aromatic carbocycles. The standard InChI is InChI=1S/C27H29BrN2O4S/c1-3-19-16-22(28)17-20(4-2)27(19)29-26(31)18-34-23-11-13-24(14-12-23)35(32,33)30-15-7-9-21-8-5-6-10-25(21)30/h5-6,8,10-14,16-17H,3-4,7,9,15,18H2,1-2H3,(H,29,31). The molecule has 1 heterocycles. The maximum absolute atomic E-state index is 13.3. The zero-order valence-corrected chi connectivity index (χ0v) is 22.3. The number of benzene rings is 3. The van der Waals surface area contributed by atoms with Crippen LogP contribution in [0.4, 0.5) is 11.4 Å². The summed E-state index contributed by atoms with van der Waals surface area (Å²) in [4.78, 5) is 12.8. The van der Waals surface area contributed by atoms with Crippen molar-refractivity contribution < 1.29 is 17.9 Å². The van der Waals surface area contributed by atoms with Crippen molar-refractivity contribution in [3.63, 3.8) is 0 Å². The molecule has 1 amide bonds. The van der Waals surface area contributed by atoms with E-state index in [1.807, 2.05) is 50.2 Å². The minimum Gasteiger partial charge on any atom is -0.484 e. The van der Waals surface area contributed by atoms with E-state index in [2.05, 4.69) is 21.2 Å². The number of hydrogen-bond acceptors (Lipinski definition) is 4. The van der Waals surface area contributed by atoms with Crippen molar-refractivity contribution in [2.75, 3.05) is 22.8 Å². The van der Waals surface area contributed by atoms with E-state index >= 15 is 0 Å². The molecule has 0 saturated heterocycles. The second-order valence-corrected chi connectivity index (χ2v) is 11.2. The Kier molecular flexibility index (Phi) is 7.82. The largest absolute Gasteiger partial charge is 0.484 e. The predicted molar refractivity (Wildman–Crippen MR) is 143 cm³/mol. The van der Waals surface area contributed by atoms with E-state index in [0.717, 1.165) is 58.2 Å². The first kappa shape index (κ1) is 25.3. The van der Waals surface area contributed by atoms with Crippen LogP contribution in [0.2, 0.25) is 0 Å². The zero-order chi connectivity index (χ0) is 25.0. The monoisotopic (exact) mass is 556 g/mol. The fraction of sp³-hybridized carbons (Fsp3) is 0.296. The summed E-state index contributed by atoms with van der Waals surface area (Å²) in [6.45, 7) is 4.37. The lowest BCUT2D eigenvalue weighted by atomic mass is 10.0. The molecule has 0 saturated carbocycles. The second-order valence-electron chi connectivity index (χ2n) is 8.42.